The highest BCUT2D eigenvalue weighted by molar-refractivity contribution is 5.83. The Balaban J connectivity index is 0.000000371. The lowest BCUT2D eigenvalue weighted by Crippen LogP contribution is -2.29. The molecule has 1 unspecified atom stereocenters. The van der Waals surface area contributed by atoms with Crippen molar-refractivity contribution in [2.45, 2.75) is 26.3 Å². The van der Waals surface area contributed by atoms with Crippen LogP contribution in [-0.2, 0) is 4.79 Å². The van der Waals surface area contributed by atoms with Gasteiger partial charge in [-0.3, -0.25) is 4.79 Å². The fraction of sp³-hybridized carbons (Fsp3) is 0.857. The van der Waals surface area contributed by atoms with E-state index in [1.807, 2.05) is 13.8 Å². The van der Waals surface area contributed by atoms with E-state index in [1.54, 1.807) is 0 Å². The van der Waals surface area contributed by atoms with E-state index in [4.69, 9.17) is 5.73 Å². The molecule has 1 saturated heterocycles. The summed E-state index contributed by atoms with van der Waals surface area (Å²) in [6.07, 6.45) is 0.622. The number of hydrogen-bond donors (Lipinski definition) is 2. The van der Waals surface area contributed by atoms with Crippen LogP contribution >= 0.6 is 0 Å². The SMILES string of the molecule is CC.NCC1CC(=O)CN1. The molecule has 3 nitrogen and oxygen atoms in total. The van der Waals surface area contributed by atoms with Gasteiger partial charge in [0, 0.05) is 19.0 Å². The number of nitrogens with two attached hydrogens (primary N) is 1. The van der Waals surface area contributed by atoms with E-state index < -0.39 is 0 Å². The predicted octanol–water partition coefficient (Wildman–Crippen LogP) is -0.0977. The van der Waals surface area contributed by atoms with Crippen LogP contribution in [0.3, 0.4) is 0 Å². The van der Waals surface area contributed by atoms with E-state index in [1.165, 1.54) is 0 Å². The first kappa shape index (κ1) is 9.59. The molecule has 0 aromatic carbocycles. The van der Waals surface area contributed by atoms with Gasteiger partial charge >= 0.3 is 0 Å². The normalized spacial score (nSPS) is 23.9. The van der Waals surface area contributed by atoms with Crippen molar-refractivity contribution in [1.82, 2.24) is 5.32 Å². The maximum atomic E-state index is 10.5. The summed E-state index contributed by atoms with van der Waals surface area (Å²) in [6, 6.07) is 0.252. The van der Waals surface area contributed by atoms with Gasteiger partial charge in [0.05, 0.1) is 6.54 Å². The van der Waals surface area contributed by atoms with E-state index in [-0.39, 0.29) is 11.8 Å². The van der Waals surface area contributed by atoms with Gasteiger partial charge in [0.2, 0.25) is 0 Å². The van der Waals surface area contributed by atoms with Crippen LogP contribution in [0, 0.1) is 0 Å². The van der Waals surface area contributed by atoms with Crippen LogP contribution < -0.4 is 11.1 Å². The maximum Gasteiger partial charge on any atom is 0.148 e. The van der Waals surface area contributed by atoms with Crippen LogP contribution in [0.1, 0.15) is 20.3 Å². The molecule has 0 saturated carbocycles. The third-order valence-electron chi connectivity index (χ3n) is 1.35. The fourth-order valence-electron chi connectivity index (χ4n) is 0.844. The van der Waals surface area contributed by atoms with Crippen molar-refractivity contribution < 1.29 is 4.79 Å². The molecule has 0 aliphatic carbocycles. The second-order valence-electron chi connectivity index (χ2n) is 2.06. The summed E-state index contributed by atoms with van der Waals surface area (Å²) in [4.78, 5) is 10.5. The third-order valence-corrected chi connectivity index (χ3v) is 1.35. The molecule has 3 heteroatoms. The van der Waals surface area contributed by atoms with Gasteiger partial charge in [-0.25, -0.2) is 0 Å². The first-order valence-electron chi connectivity index (χ1n) is 3.78. The molecule has 60 valence electrons. The molecule has 1 heterocycles. The van der Waals surface area contributed by atoms with Crippen LogP contribution in [0.25, 0.3) is 0 Å². The average molecular weight is 144 g/mol. The monoisotopic (exact) mass is 144 g/mol. The molecule has 3 N–H and O–H groups in total. The first-order chi connectivity index (χ1) is 4.83. The Morgan fingerprint density at radius 1 is 1.70 bits per heavy atom. The van der Waals surface area contributed by atoms with Gasteiger partial charge in [-0.15, -0.1) is 0 Å². The zero-order chi connectivity index (χ0) is 7.98. The molecule has 1 atom stereocenters. The molecule has 1 rings (SSSR count). The number of nitrogens with one attached hydrogen (secondary N) is 1. The molecule has 10 heavy (non-hydrogen) atoms. The van der Waals surface area contributed by atoms with Crippen molar-refractivity contribution in [2.24, 2.45) is 5.73 Å². The molecule has 0 aromatic heterocycles. The summed E-state index contributed by atoms with van der Waals surface area (Å²) < 4.78 is 0. The molecule has 0 bridgehead atoms. The second-order valence-corrected chi connectivity index (χ2v) is 2.06. The van der Waals surface area contributed by atoms with Crippen molar-refractivity contribution >= 4 is 5.78 Å². The van der Waals surface area contributed by atoms with Crippen molar-refractivity contribution in [3.63, 3.8) is 0 Å². The highest BCUT2D eigenvalue weighted by Crippen LogP contribution is 1.97. The molecule has 1 aliphatic rings. The highest BCUT2D eigenvalue weighted by Gasteiger charge is 2.18. The zero-order valence-corrected chi connectivity index (χ0v) is 6.68. The summed E-state index contributed by atoms with van der Waals surface area (Å²) in [5, 5.41) is 2.98. The minimum atomic E-state index is 0.252. The lowest BCUT2D eigenvalue weighted by Gasteiger charge is -2.01. The van der Waals surface area contributed by atoms with E-state index >= 15 is 0 Å². The summed E-state index contributed by atoms with van der Waals surface area (Å²) in [5.41, 5.74) is 5.28. The fourth-order valence-corrected chi connectivity index (χ4v) is 0.844. The van der Waals surface area contributed by atoms with E-state index in [2.05, 4.69) is 5.32 Å². The number of Topliss-reactive ketones (excluding diaryl/α,β-unsaturated/α-hetero) is 1. The summed E-state index contributed by atoms with van der Waals surface area (Å²) in [7, 11) is 0. The summed E-state index contributed by atoms with van der Waals surface area (Å²) >= 11 is 0. The van der Waals surface area contributed by atoms with Crippen LogP contribution in [0.15, 0.2) is 0 Å². The number of carbonyl (C=O) groups is 1. The Morgan fingerprint density at radius 3 is 2.50 bits per heavy atom. The zero-order valence-electron chi connectivity index (χ0n) is 6.68. The van der Waals surface area contributed by atoms with Gasteiger partial charge < -0.3 is 11.1 Å². The standard InChI is InChI=1S/C5H10N2O.C2H6/c6-2-4-1-5(8)3-7-4;1-2/h4,7H,1-3,6H2;1-2H3. The van der Waals surface area contributed by atoms with Crippen molar-refractivity contribution in [3.8, 4) is 0 Å². The average Bonchev–Trinajstić information content (AvgIpc) is 2.40. The highest BCUT2D eigenvalue weighted by atomic mass is 16.1. The number of carbonyl (C=O) groups excluding carboxylic acids is 1. The lowest BCUT2D eigenvalue weighted by atomic mass is 10.2. The van der Waals surface area contributed by atoms with Gasteiger partial charge in [-0.1, -0.05) is 13.8 Å². The molecule has 0 amide bonds. The first-order valence-corrected chi connectivity index (χ1v) is 3.78. The van der Waals surface area contributed by atoms with Crippen LogP contribution in [0.5, 0.6) is 0 Å². The largest absolute Gasteiger partial charge is 0.329 e. The third kappa shape index (κ3) is 2.94. The van der Waals surface area contributed by atoms with E-state index in [0.29, 0.717) is 19.5 Å². The Morgan fingerprint density at radius 2 is 2.30 bits per heavy atom. The quantitative estimate of drug-likeness (QED) is 0.540. The van der Waals surface area contributed by atoms with Crippen LogP contribution in [0.2, 0.25) is 0 Å². The molecule has 0 spiro atoms. The van der Waals surface area contributed by atoms with Crippen molar-refractivity contribution in [1.29, 1.82) is 0 Å². The molecule has 0 radical (unpaired) electrons. The number of rotatable bonds is 1. The van der Waals surface area contributed by atoms with Crippen LogP contribution in [-0.4, -0.2) is 24.9 Å². The van der Waals surface area contributed by atoms with Gasteiger partial charge in [0.15, 0.2) is 0 Å². The number of hydrogen-bond acceptors (Lipinski definition) is 3. The minimum absolute atomic E-state index is 0.252. The van der Waals surface area contributed by atoms with E-state index in [9.17, 15) is 4.79 Å². The number of ketones is 1. The van der Waals surface area contributed by atoms with E-state index in [0.717, 1.165) is 0 Å². The van der Waals surface area contributed by atoms with Crippen molar-refractivity contribution in [2.75, 3.05) is 13.1 Å². The van der Waals surface area contributed by atoms with Gasteiger partial charge in [0.25, 0.3) is 0 Å². The van der Waals surface area contributed by atoms with Gasteiger partial charge in [-0.05, 0) is 0 Å². The molecular formula is C7H16N2O. The minimum Gasteiger partial charge on any atom is -0.329 e. The Labute approximate surface area is 62.0 Å². The van der Waals surface area contributed by atoms with Gasteiger partial charge in [0.1, 0.15) is 5.78 Å². The van der Waals surface area contributed by atoms with Crippen molar-refractivity contribution in [3.05, 3.63) is 0 Å². The molecule has 1 fully saturated rings. The Kier molecular flexibility index (Phi) is 5.16. The predicted molar refractivity (Wildman–Crippen MR) is 41.8 cm³/mol. The maximum absolute atomic E-state index is 10.5. The summed E-state index contributed by atoms with van der Waals surface area (Å²) in [5.74, 6) is 0.278. The summed E-state index contributed by atoms with van der Waals surface area (Å²) in [6.45, 7) is 5.09. The van der Waals surface area contributed by atoms with Gasteiger partial charge in [-0.2, -0.15) is 0 Å². The second kappa shape index (κ2) is 5.38. The topological polar surface area (TPSA) is 55.1 Å². The Bertz CT molecular complexity index is 104. The Hall–Kier alpha value is -0.410. The molecule has 0 aromatic rings. The molecular weight excluding hydrogens is 128 g/mol. The van der Waals surface area contributed by atoms with Crippen LogP contribution in [0.4, 0.5) is 0 Å². The smallest absolute Gasteiger partial charge is 0.148 e. The lowest BCUT2D eigenvalue weighted by molar-refractivity contribution is -0.116. The molecule has 1 aliphatic heterocycles.